The fourth-order valence-corrected chi connectivity index (χ4v) is 2.30. The molecule has 0 bridgehead atoms. The Labute approximate surface area is 108 Å². The van der Waals surface area contributed by atoms with Crippen molar-refractivity contribution in [3.63, 3.8) is 0 Å². The average Bonchev–Trinajstić information content (AvgIpc) is 2.71. The van der Waals surface area contributed by atoms with Gasteiger partial charge in [0.05, 0.1) is 12.0 Å². The molecule has 6 heteroatoms. The van der Waals surface area contributed by atoms with Crippen LogP contribution in [-0.4, -0.2) is 24.0 Å². The molecule has 2 rings (SSSR count). The predicted octanol–water partition coefficient (Wildman–Crippen LogP) is 1.35. The van der Waals surface area contributed by atoms with Crippen LogP contribution in [0.4, 0.5) is 5.69 Å². The van der Waals surface area contributed by atoms with Crippen LogP contribution in [0.3, 0.4) is 0 Å². The first-order valence-corrected chi connectivity index (χ1v) is 5.89. The maximum Gasteiger partial charge on any atom is 0.331 e. The Morgan fingerprint density at radius 2 is 2.17 bits per heavy atom. The second-order valence-electron chi connectivity index (χ2n) is 3.44. The zero-order valence-corrected chi connectivity index (χ0v) is 10.4. The minimum Gasteiger partial charge on any atom is -0.466 e. The fourth-order valence-electron chi connectivity index (χ4n) is 1.38. The molecule has 0 spiro atoms. The molecule has 0 saturated carbocycles. The summed E-state index contributed by atoms with van der Waals surface area (Å²) in [7, 11) is 1.25. The Hall–Kier alpha value is -2.08. The molecule has 1 aromatic rings. The molecule has 0 atom stereocenters. The standard InChI is InChI=1S/C12H10N2O3S/c1-17-10(15)6-9-11(16)14-12(18-9)7-4-2-3-5-8(7)13/h2-6H,13H2,1H3/b9-6-. The third kappa shape index (κ3) is 2.43. The van der Waals surface area contributed by atoms with E-state index in [1.165, 1.54) is 7.11 Å². The van der Waals surface area contributed by atoms with E-state index in [1.807, 2.05) is 0 Å². The highest BCUT2D eigenvalue weighted by atomic mass is 32.2. The molecule has 0 aromatic heterocycles. The van der Waals surface area contributed by atoms with Gasteiger partial charge in [-0.2, -0.15) is 0 Å². The highest BCUT2D eigenvalue weighted by Gasteiger charge is 2.24. The van der Waals surface area contributed by atoms with Crippen LogP contribution in [0, 0.1) is 0 Å². The van der Waals surface area contributed by atoms with Crippen LogP contribution in [0.5, 0.6) is 0 Å². The summed E-state index contributed by atoms with van der Waals surface area (Å²) < 4.78 is 4.47. The van der Waals surface area contributed by atoms with Crippen LogP contribution >= 0.6 is 11.8 Å². The highest BCUT2D eigenvalue weighted by molar-refractivity contribution is 8.19. The summed E-state index contributed by atoms with van der Waals surface area (Å²) in [5.74, 6) is -1.04. The third-order valence-corrected chi connectivity index (χ3v) is 3.28. The summed E-state index contributed by atoms with van der Waals surface area (Å²) in [4.78, 5) is 26.8. The van der Waals surface area contributed by atoms with Crippen molar-refractivity contribution >= 4 is 34.4 Å². The number of thioether (sulfide) groups is 1. The topological polar surface area (TPSA) is 81.8 Å². The lowest BCUT2D eigenvalue weighted by atomic mass is 10.2. The van der Waals surface area contributed by atoms with Crippen molar-refractivity contribution in [1.82, 2.24) is 0 Å². The quantitative estimate of drug-likeness (QED) is 0.494. The zero-order valence-electron chi connectivity index (χ0n) is 9.54. The van der Waals surface area contributed by atoms with Crippen molar-refractivity contribution in [2.75, 3.05) is 12.8 Å². The van der Waals surface area contributed by atoms with E-state index in [0.29, 0.717) is 16.3 Å². The van der Waals surface area contributed by atoms with Crippen LogP contribution in [0.2, 0.25) is 0 Å². The molecule has 92 valence electrons. The number of esters is 1. The Balaban J connectivity index is 2.28. The van der Waals surface area contributed by atoms with Gasteiger partial charge >= 0.3 is 5.97 Å². The number of hydrogen-bond donors (Lipinski definition) is 1. The van der Waals surface area contributed by atoms with Crippen LogP contribution in [0.15, 0.2) is 40.2 Å². The second kappa shape index (κ2) is 5.05. The average molecular weight is 262 g/mol. The smallest absolute Gasteiger partial charge is 0.331 e. The molecule has 1 aliphatic heterocycles. The first-order chi connectivity index (χ1) is 8.61. The van der Waals surface area contributed by atoms with E-state index in [9.17, 15) is 9.59 Å². The normalized spacial score (nSPS) is 16.8. The Bertz CT molecular complexity index is 578. The van der Waals surface area contributed by atoms with E-state index in [2.05, 4.69) is 9.73 Å². The molecule has 18 heavy (non-hydrogen) atoms. The number of nitrogens with two attached hydrogens (primary N) is 1. The van der Waals surface area contributed by atoms with Gasteiger partial charge in [0.25, 0.3) is 5.91 Å². The van der Waals surface area contributed by atoms with Crippen molar-refractivity contribution in [3.05, 3.63) is 40.8 Å². The van der Waals surface area contributed by atoms with Crippen LogP contribution in [-0.2, 0) is 14.3 Å². The molecular weight excluding hydrogens is 252 g/mol. The summed E-state index contributed by atoms with van der Waals surface area (Å²) in [5.41, 5.74) is 7.02. The SMILES string of the molecule is COC(=O)/C=C1\SC(c2ccccc2N)=NC1=O. The summed E-state index contributed by atoms with van der Waals surface area (Å²) in [5, 5.41) is 0.494. The Morgan fingerprint density at radius 1 is 1.44 bits per heavy atom. The molecular formula is C12H10N2O3S. The third-order valence-electron chi connectivity index (χ3n) is 2.26. The van der Waals surface area contributed by atoms with Gasteiger partial charge in [-0.1, -0.05) is 30.0 Å². The maximum atomic E-state index is 11.6. The lowest BCUT2D eigenvalue weighted by Crippen LogP contribution is -1.99. The molecule has 1 aliphatic rings. The summed E-state index contributed by atoms with van der Waals surface area (Å²) in [6, 6.07) is 7.10. The van der Waals surface area contributed by atoms with Gasteiger partial charge in [-0.05, 0) is 6.07 Å². The van der Waals surface area contributed by atoms with Crippen LogP contribution in [0.1, 0.15) is 5.56 Å². The van der Waals surface area contributed by atoms with Gasteiger partial charge in [-0.3, -0.25) is 4.79 Å². The van der Waals surface area contributed by atoms with Crippen molar-refractivity contribution < 1.29 is 14.3 Å². The molecule has 1 heterocycles. The van der Waals surface area contributed by atoms with Gasteiger partial charge in [0.1, 0.15) is 5.04 Å². The van der Waals surface area contributed by atoms with Gasteiger partial charge in [0, 0.05) is 17.3 Å². The largest absolute Gasteiger partial charge is 0.466 e. The van der Waals surface area contributed by atoms with Crippen LogP contribution in [0.25, 0.3) is 0 Å². The monoisotopic (exact) mass is 262 g/mol. The first-order valence-electron chi connectivity index (χ1n) is 5.07. The molecule has 0 unspecified atom stereocenters. The van der Waals surface area contributed by atoms with Gasteiger partial charge in [0.15, 0.2) is 0 Å². The number of nitrogens with zero attached hydrogens (tertiary/aromatic N) is 1. The van der Waals surface area contributed by atoms with E-state index in [1.54, 1.807) is 24.3 Å². The molecule has 0 radical (unpaired) electrons. The first kappa shape index (κ1) is 12.4. The number of benzene rings is 1. The lowest BCUT2D eigenvalue weighted by molar-refractivity contribution is -0.135. The number of nitrogen functional groups attached to an aromatic ring is 1. The van der Waals surface area contributed by atoms with E-state index >= 15 is 0 Å². The second-order valence-corrected chi connectivity index (χ2v) is 4.47. The number of carbonyl (C=O) groups is 2. The summed E-state index contributed by atoms with van der Waals surface area (Å²) in [6.45, 7) is 0. The van der Waals surface area contributed by atoms with Crippen molar-refractivity contribution in [1.29, 1.82) is 0 Å². The van der Waals surface area contributed by atoms with Gasteiger partial charge in [-0.25, -0.2) is 9.79 Å². The number of amides is 1. The van der Waals surface area contributed by atoms with Gasteiger partial charge in [-0.15, -0.1) is 0 Å². The van der Waals surface area contributed by atoms with E-state index in [0.717, 1.165) is 17.8 Å². The zero-order chi connectivity index (χ0) is 13.1. The van der Waals surface area contributed by atoms with E-state index in [-0.39, 0.29) is 4.91 Å². The molecule has 2 N–H and O–H groups in total. The molecule has 0 fully saturated rings. The van der Waals surface area contributed by atoms with E-state index < -0.39 is 11.9 Å². The number of aliphatic imine (C=N–C) groups is 1. The maximum absolute atomic E-state index is 11.6. The minimum absolute atomic E-state index is 0.236. The Kier molecular flexibility index (Phi) is 3.47. The molecule has 0 saturated heterocycles. The molecule has 1 amide bonds. The van der Waals surface area contributed by atoms with Gasteiger partial charge in [0.2, 0.25) is 0 Å². The predicted molar refractivity (Wildman–Crippen MR) is 70.1 cm³/mol. The molecule has 1 aromatic carbocycles. The molecule has 0 aliphatic carbocycles. The lowest BCUT2D eigenvalue weighted by Gasteiger charge is -2.02. The van der Waals surface area contributed by atoms with E-state index in [4.69, 9.17) is 5.73 Å². The van der Waals surface area contributed by atoms with Crippen molar-refractivity contribution in [3.8, 4) is 0 Å². The fraction of sp³-hybridized carbons (Fsp3) is 0.0833. The molecule has 5 nitrogen and oxygen atoms in total. The number of ether oxygens (including phenoxy) is 1. The number of para-hydroxylation sites is 1. The van der Waals surface area contributed by atoms with Crippen LogP contribution < -0.4 is 5.73 Å². The highest BCUT2D eigenvalue weighted by Crippen LogP contribution is 2.31. The summed E-state index contributed by atoms with van der Waals surface area (Å²) in [6.07, 6.45) is 1.13. The number of methoxy groups -OCH3 is 1. The Morgan fingerprint density at radius 3 is 2.83 bits per heavy atom. The van der Waals surface area contributed by atoms with Gasteiger partial charge < -0.3 is 10.5 Å². The number of rotatable bonds is 2. The number of hydrogen-bond acceptors (Lipinski definition) is 5. The number of carbonyl (C=O) groups excluding carboxylic acids is 2. The number of anilines is 1. The minimum atomic E-state index is -0.580. The summed E-state index contributed by atoms with van der Waals surface area (Å²) >= 11 is 1.11. The van der Waals surface area contributed by atoms with Crippen molar-refractivity contribution in [2.45, 2.75) is 0 Å². The van der Waals surface area contributed by atoms with Crippen molar-refractivity contribution in [2.24, 2.45) is 4.99 Å².